The van der Waals surface area contributed by atoms with E-state index in [-0.39, 0.29) is 0 Å². The Morgan fingerprint density at radius 2 is 2.44 bits per heavy atom. The molecule has 0 N–H and O–H groups in total. The van der Waals surface area contributed by atoms with Crippen molar-refractivity contribution in [2.45, 2.75) is 18.9 Å². The van der Waals surface area contributed by atoms with Crippen LogP contribution >= 0.6 is 0 Å². The summed E-state index contributed by atoms with van der Waals surface area (Å²) in [5.74, 6) is 0.696. The number of rotatable bonds is 2. The average molecular weight is 125 g/mol. The molecule has 2 aliphatic rings. The van der Waals surface area contributed by atoms with Crippen LogP contribution in [-0.4, -0.2) is 30.3 Å². The molecule has 2 rings (SSSR count). The quantitative estimate of drug-likeness (QED) is 0.390. The van der Waals surface area contributed by atoms with Gasteiger partial charge in [-0.2, -0.15) is 0 Å². The van der Waals surface area contributed by atoms with Crippen molar-refractivity contribution >= 4 is 6.29 Å². The van der Waals surface area contributed by atoms with Crippen LogP contribution < -0.4 is 0 Å². The van der Waals surface area contributed by atoms with Crippen LogP contribution in [0, 0.1) is 5.92 Å². The summed E-state index contributed by atoms with van der Waals surface area (Å²) in [6.45, 7) is 2.48. The summed E-state index contributed by atoms with van der Waals surface area (Å²) in [5, 5.41) is 0. The first-order chi connectivity index (χ1) is 4.40. The van der Waals surface area contributed by atoms with Crippen LogP contribution in [0.2, 0.25) is 0 Å². The lowest BCUT2D eigenvalue weighted by molar-refractivity contribution is -0.108. The minimum absolute atomic E-state index is 0.696. The molecule has 50 valence electrons. The molecule has 0 saturated carbocycles. The van der Waals surface area contributed by atoms with E-state index in [4.69, 9.17) is 0 Å². The van der Waals surface area contributed by atoms with Gasteiger partial charge in [0.25, 0.3) is 0 Å². The van der Waals surface area contributed by atoms with Crippen molar-refractivity contribution in [2.75, 3.05) is 13.1 Å². The fourth-order valence-electron chi connectivity index (χ4n) is 1.77. The van der Waals surface area contributed by atoms with E-state index < -0.39 is 0 Å². The molecule has 0 aromatic rings. The first-order valence-corrected chi connectivity index (χ1v) is 3.58. The largest absolute Gasteiger partial charge is 0.303 e. The number of hydrogen-bond donors (Lipinski definition) is 0. The lowest BCUT2D eigenvalue weighted by Gasteiger charge is -2.03. The molecular formula is C7H11NO. The van der Waals surface area contributed by atoms with Gasteiger partial charge in [-0.05, 0) is 12.3 Å². The summed E-state index contributed by atoms with van der Waals surface area (Å²) in [6.07, 6.45) is 3.11. The molecule has 2 aliphatic heterocycles. The highest BCUT2D eigenvalue weighted by atomic mass is 16.1. The van der Waals surface area contributed by atoms with Gasteiger partial charge < -0.3 is 4.79 Å². The van der Waals surface area contributed by atoms with Crippen LogP contribution in [0.15, 0.2) is 0 Å². The zero-order valence-electron chi connectivity index (χ0n) is 5.42. The normalized spacial score (nSPS) is 46.4. The van der Waals surface area contributed by atoms with Gasteiger partial charge in [0.1, 0.15) is 6.29 Å². The number of carbonyl (C=O) groups excluding carboxylic acids is 1. The Labute approximate surface area is 54.8 Å². The minimum atomic E-state index is 0.696. The standard InChI is InChI=1S/C7H11NO/c9-2-1-6-3-7-5-8(7)4-6/h2,6-7H,1,3-5H2. The molecule has 3 atom stereocenters. The number of fused-ring (bicyclic) bond motifs is 1. The van der Waals surface area contributed by atoms with Crippen LogP contribution in [0.5, 0.6) is 0 Å². The molecule has 2 fully saturated rings. The van der Waals surface area contributed by atoms with E-state index in [2.05, 4.69) is 4.90 Å². The molecule has 2 heterocycles. The Bertz CT molecular complexity index is 125. The molecule has 0 aromatic heterocycles. The Hall–Kier alpha value is -0.370. The molecule has 3 unspecified atom stereocenters. The second-order valence-electron chi connectivity index (χ2n) is 3.11. The van der Waals surface area contributed by atoms with E-state index in [1.54, 1.807) is 0 Å². The minimum Gasteiger partial charge on any atom is -0.303 e. The SMILES string of the molecule is O=CCC1CC2CN2C1. The summed E-state index contributed by atoms with van der Waals surface area (Å²) >= 11 is 0. The molecule has 0 radical (unpaired) electrons. The summed E-state index contributed by atoms with van der Waals surface area (Å²) in [7, 11) is 0. The maximum Gasteiger partial charge on any atom is 0.120 e. The second kappa shape index (κ2) is 1.81. The highest BCUT2D eigenvalue weighted by Gasteiger charge is 2.42. The van der Waals surface area contributed by atoms with E-state index in [0.29, 0.717) is 5.92 Å². The first kappa shape index (κ1) is 5.42. The molecule has 2 heteroatoms. The molecule has 0 aromatic carbocycles. The fourth-order valence-corrected chi connectivity index (χ4v) is 1.77. The van der Waals surface area contributed by atoms with Gasteiger partial charge >= 0.3 is 0 Å². The summed E-state index contributed by atoms with van der Waals surface area (Å²) in [4.78, 5) is 12.5. The second-order valence-corrected chi connectivity index (χ2v) is 3.11. The highest BCUT2D eigenvalue weighted by Crippen LogP contribution is 2.34. The van der Waals surface area contributed by atoms with Gasteiger partial charge in [0, 0.05) is 25.6 Å². The maximum absolute atomic E-state index is 10.1. The van der Waals surface area contributed by atoms with E-state index in [0.717, 1.165) is 18.7 Å². The Kier molecular flexibility index (Phi) is 1.09. The Balaban J connectivity index is 1.83. The summed E-state index contributed by atoms with van der Waals surface area (Å²) in [5.41, 5.74) is 0. The van der Waals surface area contributed by atoms with Crippen molar-refractivity contribution in [1.82, 2.24) is 4.90 Å². The van der Waals surface area contributed by atoms with Gasteiger partial charge in [-0.3, -0.25) is 4.90 Å². The van der Waals surface area contributed by atoms with E-state index in [1.165, 1.54) is 19.5 Å². The predicted octanol–water partition coefficient (Wildman–Crippen LogP) is 0.280. The third kappa shape index (κ3) is 0.874. The van der Waals surface area contributed by atoms with E-state index in [1.807, 2.05) is 0 Å². The maximum atomic E-state index is 10.1. The molecule has 2 saturated heterocycles. The lowest BCUT2D eigenvalue weighted by Crippen LogP contribution is -2.07. The van der Waals surface area contributed by atoms with Crippen molar-refractivity contribution in [3.05, 3.63) is 0 Å². The van der Waals surface area contributed by atoms with Crippen molar-refractivity contribution in [2.24, 2.45) is 5.92 Å². The summed E-state index contributed by atoms with van der Waals surface area (Å²) < 4.78 is 0. The Morgan fingerprint density at radius 1 is 1.56 bits per heavy atom. The zero-order valence-corrected chi connectivity index (χ0v) is 5.42. The van der Waals surface area contributed by atoms with Gasteiger partial charge in [-0.15, -0.1) is 0 Å². The first-order valence-electron chi connectivity index (χ1n) is 3.58. The monoisotopic (exact) mass is 125 g/mol. The summed E-state index contributed by atoms with van der Waals surface area (Å²) in [6, 6.07) is 0.870. The van der Waals surface area contributed by atoms with Gasteiger partial charge in [-0.1, -0.05) is 0 Å². The third-order valence-electron chi connectivity index (χ3n) is 2.36. The number of piperidine rings is 1. The number of hydrogen-bond acceptors (Lipinski definition) is 2. The van der Waals surface area contributed by atoms with E-state index >= 15 is 0 Å². The lowest BCUT2D eigenvalue weighted by atomic mass is 10.0. The Morgan fingerprint density at radius 3 is 3.00 bits per heavy atom. The topological polar surface area (TPSA) is 20.1 Å². The van der Waals surface area contributed by atoms with Crippen molar-refractivity contribution in [1.29, 1.82) is 0 Å². The molecule has 0 amide bonds. The van der Waals surface area contributed by atoms with Crippen LogP contribution in [-0.2, 0) is 4.79 Å². The predicted molar refractivity (Wildman–Crippen MR) is 34.1 cm³/mol. The average Bonchev–Trinajstić information content (AvgIpc) is 2.42. The number of aldehydes is 1. The number of carbonyl (C=O) groups is 1. The van der Waals surface area contributed by atoms with Gasteiger partial charge in [-0.25, -0.2) is 0 Å². The molecule has 0 spiro atoms. The third-order valence-corrected chi connectivity index (χ3v) is 2.36. The number of nitrogens with zero attached hydrogens (tertiary/aromatic N) is 1. The smallest absolute Gasteiger partial charge is 0.120 e. The molecule has 9 heavy (non-hydrogen) atoms. The van der Waals surface area contributed by atoms with Crippen LogP contribution in [0.3, 0.4) is 0 Å². The van der Waals surface area contributed by atoms with Crippen molar-refractivity contribution in [3.63, 3.8) is 0 Å². The van der Waals surface area contributed by atoms with E-state index in [9.17, 15) is 4.79 Å². The van der Waals surface area contributed by atoms with Crippen molar-refractivity contribution < 1.29 is 4.79 Å². The molecular weight excluding hydrogens is 114 g/mol. The van der Waals surface area contributed by atoms with Crippen molar-refractivity contribution in [3.8, 4) is 0 Å². The van der Waals surface area contributed by atoms with Gasteiger partial charge in [0.2, 0.25) is 0 Å². The van der Waals surface area contributed by atoms with Gasteiger partial charge in [0.05, 0.1) is 0 Å². The van der Waals surface area contributed by atoms with Crippen LogP contribution in [0.1, 0.15) is 12.8 Å². The van der Waals surface area contributed by atoms with Crippen LogP contribution in [0.25, 0.3) is 0 Å². The van der Waals surface area contributed by atoms with Gasteiger partial charge in [0.15, 0.2) is 0 Å². The molecule has 0 bridgehead atoms. The van der Waals surface area contributed by atoms with Crippen LogP contribution in [0.4, 0.5) is 0 Å². The highest BCUT2D eigenvalue weighted by molar-refractivity contribution is 5.50. The fraction of sp³-hybridized carbons (Fsp3) is 0.857. The molecule has 2 nitrogen and oxygen atoms in total. The zero-order chi connectivity index (χ0) is 6.27. The molecule has 0 aliphatic carbocycles.